The van der Waals surface area contributed by atoms with E-state index < -0.39 is 5.97 Å². The minimum atomic E-state index is -0.491. The van der Waals surface area contributed by atoms with Crippen molar-refractivity contribution in [3.8, 4) is 5.88 Å². The number of amides is 1. The van der Waals surface area contributed by atoms with Gasteiger partial charge in [-0.05, 0) is 32.0 Å². The summed E-state index contributed by atoms with van der Waals surface area (Å²) < 4.78 is 13.0. The molecular weight excluding hydrogens is 404 g/mol. The lowest BCUT2D eigenvalue weighted by Gasteiger charge is -2.35. The van der Waals surface area contributed by atoms with Crippen molar-refractivity contribution in [1.82, 2.24) is 9.88 Å². The average molecular weight is 431 g/mol. The number of nitrogens with one attached hydrogen (secondary N) is 1. The summed E-state index contributed by atoms with van der Waals surface area (Å²) in [6.07, 6.45) is 0. The standard InChI is InChI=1S/C21H26N4O4S/c1-14-5-7-16(8-6-14)24-9-11-25(12-10-24)21(27)30-23-18-13-17(20(26)29-4)15(2)22-19(18)28-3/h5-8,13,23H,9-12H2,1-4H3. The Morgan fingerprint density at radius 1 is 1.07 bits per heavy atom. The number of esters is 1. The normalized spacial score (nSPS) is 13.7. The molecule has 0 saturated carbocycles. The summed E-state index contributed by atoms with van der Waals surface area (Å²) in [4.78, 5) is 32.9. The fourth-order valence-electron chi connectivity index (χ4n) is 3.19. The molecule has 2 heterocycles. The van der Waals surface area contributed by atoms with E-state index >= 15 is 0 Å². The first-order valence-corrected chi connectivity index (χ1v) is 10.4. The third-order valence-corrected chi connectivity index (χ3v) is 5.72. The van der Waals surface area contributed by atoms with E-state index in [1.54, 1.807) is 17.9 Å². The van der Waals surface area contributed by atoms with Gasteiger partial charge < -0.3 is 24.0 Å². The van der Waals surface area contributed by atoms with E-state index in [0.29, 0.717) is 35.9 Å². The molecule has 1 aromatic carbocycles. The van der Waals surface area contributed by atoms with Gasteiger partial charge in [-0.2, -0.15) is 0 Å². The van der Waals surface area contributed by atoms with E-state index in [9.17, 15) is 9.59 Å². The molecule has 0 unspecified atom stereocenters. The molecule has 1 fully saturated rings. The summed E-state index contributed by atoms with van der Waals surface area (Å²) >= 11 is 0.945. The first-order chi connectivity index (χ1) is 14.4. The molecule has 8 nitrogen and oxygen atoms in total. The predicted octanol–water partition coefficient (Wildman–Crippen LogP) is 3.50. The van der Waals surface area contributed by atoms with Gasteiger partial charge >= 0.3 is 11.2 Å². The zero-order valence-electron chi connectivity index (χ0n) is 17.6. The van der Waals surface area contributed by atoms with Crippen LogP contribution in [0.3, 0.4) is 0 Å². The summed E-state index contributed by atoms with van der Waals surface area (Å²) in [6.45, 7) is 6.59. The summed E-state index contributed by atoms with van der Waals surface area (Å²) in [6, 6.07) is 10.00. The largest absolute Gasteiger partial charge is 0.479 e. The first kappa shape index (κ1) is 21.8. The molecular formula is C21H26N4O4S. The molecule has 3 rings (SSSR count). The van der Waals surface area contributed by atoms with Crippen LogP contribution in [0.4, 0.5) is 16.2 Å². The van der Waals surface area contributed by atoms with Crippen molar-refractivity contribution in [3.05, 3.63) is 47.2 Å². The summed E-state index contributed by atoms with van der Waals surface area (Å²) in [5.41, 5.74) is 3.66. The number of pyridine rings is 1. The highest BCUT2D eigenvalue weighted by atomic mass is 32.2. The van der Waals surface area contributed by atoms with Gasteiger partial charge in [0.1, 0.15) is 5.69 Å². The minimum Gasteiger partial charge on any atom is -0.479 e. The third-order valence-electron chi connectivity index (χ3n) is 4.96. The average Bonchev–Trinajstić information content (AvgIpc) is 2.77. The molecule has 30 heavy (non-hydrogen) atoms. The Balaban J connectivity index is 1.59. The van der Waals surface area contributed by atoms with Crippen molar-refractivity contribution in [2.75, 3.05) is 50.0 Å². The van der Waals surface area contributed by atoms with Crippen LogP contribution >= 0.6 is 11.9 Å². The second-order valence-corrected chi connectivity index (χ2v) is 7.71. The van der Waals surface area contributed by atoms with E-state index in [0.717, 1.165) is 25.0 Å². The highest BCUT2D eigenvalue weighted by molar-refractivity contribution is 8.14. The van der Waals surface area contributed by atoms with Crippen molar-refractivity contribution < 1.29 is 19.1 Å². The molecule has 0 aliphatic carbocycles. The van der Waals surface area contributed by atoms with Crippen molar-refractivity contribution in [2.45, 2.75) is 13.8 Å². The van der Waals surface area contributed by atoms with E-state index in [1.807, 2.05) is 0 Å². The van der Waals surface area contributed by atoms with Crippen LogP contribution in [0.5, 0.6) is 5.88 Å². The van der Waals surface area contributed by atoms with E-state index in [2.05, 4.69) is 45.8 Å². The van der Waals surface area contributed by atoms with E-state index in [4.69, 9.17) is 9.47 Å². The number of hydrogen-bond acceptors (Lipinski definition) is 8. The zero-order valence-corrected chi connectivity index (χ0v) is 18.4. The molecule has 1 aliphatic rings. The lowest BCUT2D eigenvalue weighted by Crippen LogP contribution is -2.47. The van der Waals surface area contributed by atoms with Gasteiger partial charge in [0.25, 0.3) is 0 Å². The van der Waals surface area contributed by atoms with Crippen molar-refractivity contribution >= 4 is 34.5 Å². The van der Waals surface area contributed by atoms with Gasteiger partial charge in [0.05, 0.1) is 25.5 Å². The summed E-state index contributed by atoms with van der Waals surface area (Å²) in [7, 11) is 2.80. The molecule has 0 bridgehead atoms. The minimum absolute atomic E-state index is 0.0965. The Bertz CT molecular complexity index is 912. The highest BCUT2D eigenvalue weighted by Crippen LogP contribution is 2.28. The Kier molecular flexibility index (Phi) is 7.04. The van der Waals surface area contributed by atoms with Crippen LogP contribution in [-0.4, -0.2) is 61.5 Å². The third kappa shape index (κ3) is 4.96. The fraction of sp³-hybridized carbons (Fsp3) is 0.381. The molecule has 1 aromatic heterocycles. The van der Waals surface area contributed by atoms with Crippen LogP contribution in [0.2, 0.25) is 0 Å². The van der Waals surface area contributed by atoms with Gasteiger partial charge in [0.15, 0.2) is 0 Å². The smallest absolute Gasteiger partial charge is 0.339 e. The van der Waals surface area contributed by atoms with Crippen molar-refractivity contribution in [1.29, 1.82) is 0 Å². The Labute approximate surface area is 180 Å². The number of hydrogen-bond donors (Lipinski definition) is 1. The Morgan fingerprint density at radius 3 is 2.33 bits per heavy atom. The second-order valence-electron chi connectivity index (χ2n) is 6.95. The maximum absolute atomic E-state index is 12.7. The lowest BCUT2D eigenvalue weighted by atomic mass is 10.2. The van der Waals surface area contributed by atoms with Crippen LogP contribution in [0, 0.1) is 13.8 Å². The number of aryl methyl sites for hydroxylation is 2. The monoisotopic (exact) mass is 430 g/mol. The van der Waals surface area contributed by atoms with Gasteiger partial charge in [-0.25, -0.2) is 9.78 Å². The van der Waals surface area contributed by atoms with Gasteiger partial charge in [-0.1, -0.05) is 17.7 Å². The molecule has 1 saturated heterocycles. The maximum atomic E-state index is 12.7. The highest BCUT2D eigenvalue weighted by Gasteiger charge is 2.23. The number of aromatic nitrogens is 1. The van der Waals surface area contributed by atoms with E-state index in [-0.39, 0.29) is 5.24 Å². The van der Waals surface area contributed by atoms with Gasteiger partial charge in [0.2, 0.25) is 5.88 Å². The molecule has 1 N–H and O–H groups in total. The lowest BCUT2D eigenvalue weighted by molar-refractivity contribution is 0.0599. The number of nitrogens with zero attached hydrogens (tertiary/aromatic N) is 3. The van der Waals surface area contributed by atoms with Crippen molar-refractivity contribution in [3.63, 3.8) is 0 Å². The quantitative estimate of drug-likeness (QED) is 0.570. The Hall–Kier alpha value is -2.94. The number of ether oxygens (including phenoxy) is 2. The van der Waals surface area contributed by atoms with Gasteiger partial charge in [-0.15, -0.1) is 0 Å². The zero-order chi connectivity index (χ0) is 21.7. The molecule has 0 radical (unpaired) electrons. The number of benzene rings is 1. The second kappa shape index (κ2) is 9.71. The van der Waals surface area contributed by atoms with Crippen LogP contribution in [0.1, 0.15) is 21.6 Å². The van der Waals surface area contributed by atoms with Crippen molar-refractivity contribution in [2.24, 2.45) is 0 Å². The number of piperazine rings is 1. The molecule has 160 valence electrons. The summed E-state index contributed by atoms with van der Waals surface area (Å²) in [5, 5.41) is -0.0965. The topological polar surface area (TPSA) is 84.0 Å². The van der Waals surface area contributed by atoms with Gasteiger partial charge in [-0.3, -0.25) is 4.79 Å². The van der Waals surface area contributed by atoms with Crippen LogP contribution < -0.4 is 14.4 Å². The van der Waals surface area contributed by atoms with Crippen LogP contribution in [0.25, 0.3) is 0 Å². The van der Waals surface area contributed by atoms with Gasteiger partial charge in [0, 0.05) is 43.8 Å². The summed E-state index contributed by atoms with van der Waals surface area (Å²) in [5.74, 6) is -0.182. The van der Waals surface area contributed by atoms with Crippen LogP contribution in [0.15, 0.2) is 30.3 Å². The van der Waals surface area contributed by atoms with E-state index in [1.165, 1.54) is 25.5 Å². The fourth-order valence-corrected chi connectivity index (χ4v) is 3.85. The SMILES string of the molecule is COC(=O)c1cc(NSC(=O)N2CCN(c3ccc(C)cc3)CC2)c(OC)nc1C. The molecule has 1 aliphatic heterocycles. The van der Waals surface area contributed by atoms with Crippen LogP contribution in [-0.2, 0) is 4.74 Å². The molecule has 0 spiro atoms. The molecule has 2 aromatic rings. The number of methoxy groups -OCH3 is 2. The Morgan fingerprint density at radius 2 is 1.73 bits per heavy atom. The predicted molar refractivity (Wildman–Crippen MR) is 118 cm³/mol. The number of anilines is 2. The molecule has 1 amide bonds. The number of carbonyl (C=O) groups is 2. The molecule has 9 heteroatoms. The number of carbonyl (C=O) groups excluding carboxylic acids is 2. The maximum Gasteiger partial charge on any atom is 0.339 e. The molecule has 0 atom stereocenters. The first-order valence-electron chi connectivity index (χ1n) is 9.60. The number of rotatable bonds is 5.